The monoisotopic (exact) mass is 391 g/mol. The minimum absolute atomic E-state index is 0.155. The van der Waals surface area contributed by atoms with Crippen molar-refractivity contribution in [1.82, 2.24) is 15.1 Å². The molecule has 152 valence electrons. The van der Waals surface area contributed by atoms with Crippen LogP contribution in [0.5, 0.6) is 0 Å². The second-order valence-corrected chi connectivity index (χ2v) is 8.22. The Labute approximate surface area is 172 Å². The lowest BCUT2D eigenvalue weighted by atomic mass is 10.0. The first-order chi connectivity index (χ1) is 13.8. The zero-order valence-electron chi connectivity index (χ0n) is 17.6. The Kier molecular flexibility index (Phi) is 6.37. The van der Waals surface area contributed by atoms with Crippen molar-refractivity contribution in [2.24, 2.45) is 0 Å². The SMILES string of the molecule is CC(NC(=O)OC(C)(C)C)c1cccc(-c2cnn(CCc3ccccc3)c2)c1. The Balaban J connectivity index is 1.65. The van der Waals surface area contributed by atoms with Crippen LogP contribution in [0, 0.1) is 0 Å². The lowest BCUT2D eigenvalue weighted by Crippen LogP contribution is -2.34. The highest BCUT2D eigenvalue weighted by atomic mass is 16.6. The number of aryl methyl sites for hydroxylation is 2. The van der Waals surface area contributed by atoms with Gasteiger partial charge in [-0.3, -0.25) is 4.68 Å². The van der Waals surface area contributed by atoms with Gasteiger partial charge in [-0.05, 0) is 56.9 Å². The van der Waals surface area contributed by atoms with E-state index in [2.05, 4.69) is 53.0 Å². The van der Waals surface area contributed by atoms with E-state index in [0.29, 0.717) is 0 Å². The topological polar surface area (TPSA) is 56.1 Å². The number of aromatic nitrogens is 2. The zero-order chi connectivity index (χ0) is 20.9. The molecule has 0 spiro atoms. The van der Waals surface area contributed by atoms with Gasteiger partial charge in [-0.15, -0.1) is 0 Å². The number of ether oxygens (including phenoxy) is 1. The summed E-state index contributed by atoms with van der Waals surface area (Å²) in [6, 6.07) is 18.4. The fourth-order valence-electron chi connectivity index (χ4n) is 3.08. The number of nitrogens with one attached hydrogen (secondary N) is 1. The fourth-order valence-corrected chi connectivity index (χ4v) is 3.08. The number of alkyl carbamates (subject to hydrolysis) is 1. The quantitative estimate of drug-likeness (QED) is 0.614. The van der Waals surface area contributed by atoms with E-state index in [1.165, 1.54) is 5.56 Å². The summed E-state index contributed by atoms with van der Waals surface area (Å²) in [5, 5.41) is 7.39. The summed E-state index contributed by atoms with van der Waals surface area (Å²) in [6.07, 6.45) is 4.48. The van der Waals surface area contributed by atoms with Gasteiger partial charge in [0.25, 0.3) is 0 Å². The fraction of sp³-hybridized carbons (Fsp3) is 0.333. The van der Waals surface area contributed by atoms with E-state index in [1.54, 1.807) is 0 Å². The summed E-state index contributed by atoms with van der Waals surface area (Å²) in [5.41, 5.74) is 3.94. The van der Waals surface area contributed by atoms with Crippen molar-refractivity contribution in [2.75, 3.05) is 0 Å². The van der Waals surface area contributed by atoms with E-state index < -0.39 is 11.7 Å². The first kappa shape index (κ1) is 20.6. The normalized spacial score (nSPS) is 12.4. The molecular formula is C24H29N3O2. The summed E-state index contributed by atoms with van der Waals surface area (Å²) >= 11 is 0. The molecule has 1 N–H and O–H groups in total. The van der Waals surface area contributed by atoms with Crippen molar-refractivity contribution in [3.05, 3.63) is 78.1 Å². The number of hydrogen-bond donors (Lipinski definition) is 1. The second-order valence-electron chi connectivity index (χ2n) is 8.22. The Morgan fingerprint density at radius 1 is 1.10 bits per heavy atom. The van der Waals surface area contributed by atoms with Crippen LogP contribution in [0.15, 0.2) is 67.0 Å². The average molecular weight is 392 g/mol. The molecule has 1 atom stereocenters. The predicted molar refractivity (Wildman–Crippen MR) is 116 cm³/mol. The maximum Gasteiger partial charge on any atom is 0.408 e. The molecule has 3 aromatic rings. The Morgan fingerprint density at radius 2 is 1.86 bits per heavy atom. The van der Waals surface area contributed by atoms with E-state index in [-0.39, 0.29) is 6.04 Å². The largest absolute Gasteiger partial charge is 0.444 e. The highest BCUT2D eigenvalue weighted by Gasteiger charge is 2.18. The molecule has 0 saturated carbocycles. The van der Waals surface area contributed by atoms with Crippen LogP contribution in [0.25, 0.3) is 11.1 Å². The van der Waals surface area contributed by atoms with Crippen molar-refractivity contribution in [2.45, 2.75) is 52.3 Å². The standard InChI is InChI=1S/C24H29N3O2/c1-18(26-23(28)29-24(2,3)4)20-11-8-12-21(15-20)22-16-25-27(17-22)14-13-19-9-6-5-7-10-19/h5-12,15-18H,13-14H2,1-4H3,(H,26,28). The summed E-state index contributed by atoms with van der Waals surface area (Å²) in [4.78, 5) is 12.0. The Hall–Kier alpha value is -3.08. The number of benzene rings is 2. The molecule has 1 heterocycles. The highest BCUT2D eigenvalue weighted by molar-refractivity contribution is 5.69. The van der Waals surface area contributed by atoms with E-state index >= 15 is 0 Å². The smallest absolute Gasteiger partial charge is 0.408 e. The molecule has 0 fully saturated rings. The number of rotatable bonds is 6. The third-order valence-corrected chi connectivity index (χ3v) is 4.56. The van der Waals surface area contributed by atoms with Crippen LogP contribution < -0.4 is 5.32 Å². The lowest BCUT2D eigenvalue weighted by molar-refractivity contribution is 0.0508. The molecule has 5 nitrogen and oxygen atoms in total. The van der Waals surface area contributed by atoms with Crippen molar-refractivity contribution in [1.29, 1.82) is 0 Å². The summed E-state index contributed by atoms with van der Waals surface area (Å²) in [7, 11) is 0. The van der Waals surface area contributed by atoms with Gasteiger partial charge in [-0.2, -0.15) is 5.10 Å². The zero-order valence-corrected chi connectivity index (χ0v) is 17.6. The molecule has 1 unspecified atom stereocenters. The molecule has 2 aromatic carbocycles. The molecule has 29 heavy (non-hydrogen) atoms. The predicted octanol–water partition coefficient (Wildman–Crippen LogP) is 5.38. The third kappa shape index (κ3) is 6.21. The van der Waals surface area contributed by atoms with Crippen LogP contribution in [0.1, 0.15) is 44.9 Å². The molecule has 0 aliphatic heterocycles. The number of amides is 1. The van der Waals surface area contributed by atoms with Gasteiger partial charge in [0.05, 0.1) is 12.2 Å². The number of nitrogens with zero attached hydrogens (tertiary/aromatic N) is 2. The molecule has 0 radical (unpaired) electrons. The molecule has 5 heteroatoms. The molecule has 0 aliphatic carbocycles. The van der Waals surface area contributed by atoms with E-state index in [9.17, 15) is 4.79 Å². The maximum absolute atomic E-state index is 12.0. The van der Waals surface area contributed by atoms with Crippen LogP contribution in [0.2, 0.25) is 0 Å². The molecule has 0 bridgehead atoms. The van der Waals surface area contributed by atoms with Gasteiger partial charge >= 0.3 is 6.09 Å². The van der Waals surface area contributed by atoms with Crippen LogP contribution in [-0.4, -0.2) is 21.5 Å². The van der Waals surface area contributed by atoms with E-state index in [0.717, 1.165) is 29.7 Å². The Bertz CT molecular complexity index is 942. The highest BCUT2D eigenvalue weighted by Crippen LogP contribution is 2.23. The number of carbonyl (C=O) groups excluding carboxylic acids is 1. The van der Waals surface area contributed by atoms with Gasteiger partial charge in [-0.25, -0.2) is 4.79 Å². The van der Waals surface area contributed by atoms with Crippen molar-refractivity contribution < 1.29 is 9.53 Å². The van der Waals surface area contributed by atoms with Gasteiger partial charge in [0.2, 0.25) is 0 Å². The van der Waals surface area contributed by atoms with Gasteiger partial charge < -0.3 is 10.1 Å². The summed E-state index contributed by atoms with van der Waals surface area (Å²) < 4.78 is 7.32. The summed E-state index contributed by atoms with van der Waals surface area (Å²) in [6.45, 7) is 8.35. The van der Waals surface area contributed by atoms with Crippen LogP contribution in [0.4, 0.5) is 4.79 Å². The number of hydrogen-bond acceptors (Lipinski definition) is 3. The lowest BCUT2D eigenvalue weighted by Gasteiger charge is -2.22. The summed E-state index contributed by atoms with van der Waals surface area (Å²) in [5.74, 6) is 0. The van der Waals surface area contributed by atoms with Gasteiger partial charge in [-0.1, -0.05) is 48.5 Å². The average Bonchev–Trinajstić information content (AvgIpc) is 3.15. The first-order valence-corrected chi connectivity index (χ1v) is 9.96. The molecule has 1 amide bonds. The van der Waals surface area contributed by atoms with E-state index in [4.69, 9.17) is 4.74 Å². The van der Waals surface area contributed by atoms with Gasteiger partial charge in [0.15, 0.2) is 0 Å². The number of carbonyl (C=O) groups is 1. The third-order valence-electron chi connectivity index (χ3n) is 4.56. The van der Waals surface area contributed by atoms with E-state index in [1.807, 2.05) is 56.8 Å². The minimum atomic E-state index is -0.514. The maximum atomic E-state index is 12.0. The molecular weight excluding hydrogens is 362 g/mol. The van der Waals surface area contributed by atoms with Gasteiger partial charge in [0, 0.05) is 18.3 Å². The van der Waals surface area contributed by atoms with Crippen molar-refractivity contribution in [3.63, 3.8) is 0 Å². The minimum Gasteiger partial charge on any atom is -0.444 e. The molecule has 0 aliphatic rings. The molecule has 0 saturated heterocycles. The second kappa shape index (κ2) is 8.95. The van der Waals surface area contributed by atoms with Crippen molar-refractivity contribution >= 4 is 6.09 Å². The first-order valence-electron chi connectivity index (χ1n) is 9.96. The molecule has 3 rings (SSSR count). The van der Waals surface area contributed by atoms with Crippen LogP contribution in [-0.2, 0) is 17.7 Å². The Morgan fingerprint density at radius 3 is 2.59 bits per heavy atom. The molecule has 1 aromatic heterocycles. The van der Waals surface area contributed by atoms with Gasteiger partial charge in [0.1, 0.15) is 5.60 Å². The van der Waals surface area contributed by atoms with Crippen molar-refractivity contribution in [3.8, 4) is 11.1 Å². The van der Waals surface area contributed by atoms with Crippen LogP contribution >= 0.6 is 0 Å². The van der Waals surface area contributed by atoms with Crippen LogP contribution in [0.3, 0.4) is 0 Å².